The van der Waals surface area contributed by atoms with E-state index in [-0.39, 0.29) is 16.9 Å². The number of nitrogens with two attached hydrogens (primary N) is 1. The summed E-state index contributed by atoms with van der Waals surface area (Å²) in [6, 6.07) is 3.84. The lowest BCUT2D eigenvalue weighted by molar-refractivity contribution is 0.204. The van der Waals surface area contributed by atoms with E-state index < -0.39 is 15.8 Å². The third-order valence-electron chi connectivity index (χ3n) is 4.19. The van der Waals surface area contributed by atoms with Crippen molar-refractivity contribution in [2.75, 3.05) is 13.6 Å². The maximum absolute atomic E-state index is 14.0. The van der Waals surface area contributed by atoms with Gasteiger partial charge in [-0.05, 0) is 43.5 Å². The molecule has 1 aromatic rings. The molecule has 0 bridgehead atoms. The molecule has 4 nitrogen and oxygen atoms in total. The quantitative estimate of drug-likeness (QED) is 0.875. The summed E-state index contributed by atoms with van der Waals surface area (Å²) in [6.45, 7) is 0.452. The third kappa shape index (κ3) is 3.47. The maximum Gasteiger partial charge on any atom is 0.245 e. The molecule has 1 aromatic carbocycles. The van der Waals surface area contributed by atoms with Crippen LogP contribution in [0.25, 0.3) is 0 Å². The van der Waals surface area contributed by atoms with E-state index in [0.29, 0.717) is 11.0 Å². The smallest absolute Gasteiger partial charge is 0.245 e. The molecule has 1 saturated carbocycles. The molecule has 1 aliphatic carbocycles. The fourth-order valence-corrected chi connectivity index (χ4v) is 4.78. The van der Waals surface area contributed by atoms with Crippen molar-refractivity contribution in [2.24, 2.45) is 11.7 Å². The Balaban J connectivity index is 2.33. The van der Waals surface area contributed by atoms with Crippen LogP contribution < -0.4 is 5.73 Å². The van der Waals surface area contributed by atoms with Crippen molar-refractivity contribution in [3.8, 4) is 0 Å². The zero-order valence-corrected chi connectivity index (χ0v) is 14.3. The summed E-state index contributed by atoms with van der Waals surface area (Å²) < 4.78 is 41.1. The van der Waals surface area contributed by atoms with Crippen LogP contribution in [0.15, 0.2) is 27.6 Å². The van der Waals surface area contributed by atoms with Gasteiger partial charge in [-0.25, -0.2) is 12.8 Å². The molecular weight excluding hydrogens is 359 g/mol. The monoisotopic (exact) mass is 378 g/mol. The van der Waals surface area contributed by atoms with Gasteiger partial charge in [0.15, 0.2) is 0 Å². The first-order valence-corrected chi connectivity index (χ1v) is 9.24. The number of sulfonamides is 1. The van der Waals surface area contributed by atoms with E-state index in [2.05, 4.69) is 15.9 Å². The molecule has 21 heavy (non-hydrogen) atoms. The Hall–Kier alpha value is -0.500. The lowest BCUT2D eigenvalue weighted by Gasteiger charge is -2.36. The van der Waals surface area contributed by atoms with Crippen LogP contribution in [0.3, 0.4) is 0 Å². The van der Waals surface area contributed by atoms with Crippen LogP contribution >= 0.6 is 15.9 Å². The molecular formula is C14H20BrFN2O2S. The Morgan fingerprint density at radius 1 is 1.38 bits per heavy atom. The van der Waals surface area contributed by atoms with Gasteiger partial charge in [-0.3, -0.25) is 0 Å². The van der Waals surface area contributed by atoms with Crippen LogP contribution in [0, 0.1) is 11.7 Å². The first-order chi connectivity index (χ1) is 9.87. The van der Waals surface area contributed by atoms with Gasteiger partial charge in [0.1, 0.15) is 10.7 Å². The third-order valence-corrected chi connectivity index (χ3v) is 6.60. The van der Waals surface area contributed by atoms with Crippen molar-refractivity contribution in [3.63, 3.8) is 0 Å². The van der Waals surface area contributed by atoms with E-state index in [4.69, 9.17) is 5.73 Å². The Labute approximate surface area is 133 Å². The van der Waals surface area contributed by atoms with Crippen LogP contribution in [-0.4, -0.2) is 32.4 Å². The predicted octanol–water partition coefficient (Wildman–Crippen LogP) is 2.73. The van der Waals surface area contributed by atoms with Gasteiger partial charge in [0, 0.05) is 17.6 Å². The van der Waals surface area contributed by atoms with E-state index in [9.17, 15) is 12.8 Å². The highest BCUT2D eigenvalue weighted by Crippen LogP contribution is 2.31. The van der Waals surface area contributed by atoms with E-state index in [1.807, 2.05) is 0 Å². The minimum Gasteiger partial charge on any atom is -0.330 e. The molecule has 0 aliphatic heterocycles. The zero-order chi connectivity index (χ0) is 15.6. The SMILES string of the molecule is CN(C1CCCCC1CN)S(=O)(=O)c1ccc(Br)cc1F. The average molecular weight is 379 g/mol. The topological polar surface area (TPSA) is 63.4 Å². The lowest BCUT2D eigenvalue weighted by atomic mass is 9.85. The van der Waals surface area contributed by atoms with E-state index in [0.717, 1.165) is 25.7 Å². The van der Waals surface area contributed by atoms with Crippen LogP contribution in [0.1, 0.15) is 25.7 Å². The van der Waals surface area contributed by atoms with Gasteiger partial charge in [-0.15, -0.1) is 0 Å². The molecule has 2 N–H and O–H groups in total. The summed E-state index contributed by atoms with van der Waals surface area (Å²) in [7, 11) is -2.32. The fourth-order valence-electron chi connectivity index (χ4n) is 2.96. The average Bonchev–Trinajstić information content (AvgIpc) is 2.46. The largest absolute Gasteiger partial charge is 0.330 e. The van der Waals surface area contributed by atoms with Crippen LogP contribution in [0.4, 0.5) is 4.39 Å². The highest BCUT2D eigenvalue weighted by molar-refractivity contribution is 9.10. The van der Waals surface area contributed by atoms with Crippen molar-refractivity contribution >= 4 is 26.0 Å². The van der Waals surface area contributed by atoms with Gasteiger partial charge in [-0.2, -0.15) is 4.31 Å². The van der Waals surface area contributed by atoms with Crippen LogP contribution in [0.5, 0.6) is 0 Å². The van der Waals surface area contributed by atoms with Crippen molar-refractivity contribution in [1.82, 2.24) is 4.31 Å². The Morgan fingerprint density at radius 3 is 2.67 bits per heavy atom. The van der Waals surface area contributed by atoms with Crippen LogP contribution in [0.2, 0.25) is 0 Å². The van der Waals surface area contributed by atoms with Crippen molar-refractivity contribution in [3.05, 3.63) is 28.5 Å². The molecule has 1 aliphatic rings. The van der Waals surface area contributed by atoms with E-state index in [1.165, 1.54) is 29.6 Å². The minimum atomic E-state index is -3.85. The molecule has 2 rings (SSSR count). The highest BCUT2D eigenvalue weighted by atomic mass is 79.9. The normalized spacial score (nSPS) is 23.5. The van der Waals surface area contributed by atoms with Crippen molar-refractivity contribution in [1.29, 1.82) is 0 Å². The second kappa shape index (κ2) is 6.73. The number of nitrogens with zero attached hydrogens (tertiary/aromatic N) is 1. The molecule has 0 saturated heterocycles. The Kier molecular flexibility index (Phi) is 5.40. The summed E-state index contributed by atoms with van der Waals surface area (Å²) in [5, 5.41) is 0. The van der Waals surface area contributed by atoms with E-state index >= 15 is 0 Å². The van der Waals surface area contributed by atoms with Gasteiger partial charge in [0.2, 0.25) is 10.0 Å². The van der Waals surface area contributed by atoms with E-state index in [1.54, 1.807) is 0 Å². The second-order valence-corrected chi connectivity index (χ2v) is 8.33. The molecule has 1 fully saturated rings. The number of halogens is 2. The standard InChI is InChI=1S/C14H20BrFN2O2S/c1-18(13-5-3-2-4-10(13)9-17)21(19,20)14-7-6-11(15)8-12(14)16/h6-8,10,13H,2-5,9,17H2,1H3. The fraction of sp³-hybridized carbons (Fsp3) is 0.571. The molecule has 118 valence electrons. The molecule has 2 unspecified atom stereocenters. The molecule has 7 heteroatoms. The first-order valence-electron chi connectivity index (χ1n) is 7.01. The lowest BCUT2D eigenvalue weighted by Crippen LogP contribution is -2.46. The van der Waals surface area contributed by atoms with Crippen molar-refractivity contribution in [2.45, 2.75) is 36.6 Å². The number of rotatable bonds is 4. The molecule has 0 heterocycles. The molecule has 2 atom stereocenters. The zero-order valence-electron chi connectivity index (χ0n) is 11.9. The summed E-state index contributed by atoms with van der Waals surface area (Å²) in [6.07, 6.45) is 3.74. The number of benzene rings is 1. The summed E-state index contributed by atoms with van der Waals surface area (Å²) >= 11 is 3.13. The Bertz CT molecular complexity index is 609. The van der Waals surface area contributed by atoms with Gasteiger partial charge in [-0.1, -0.05) is 28.8 Å². The highest BCUT2D eigenvalue weighted by Gasteiger charge is 2.35. The van der Waals surface area contributed by atoms with Gasteiger partial charge < -0.3 is 5.73 Å². The first kappa shape index (κ1) is 16.9. The van der Waals surface area contributed by atoms with Gasteiger partial charge in [0.05, 0.1) is 0 Å². The maximum atomic E-state index is 14.0. The Morgan fingerprint density at radius 2 is 2.05 bits per heavy atom. The van der Waals surface area contributed by atoms with Gasteiger partial charge >= 0.3 is 0 Å². The minimum absolute atomic E-state index is 0.136. The molecule has 0 aromatic heterocycles. The van der Waals surface area contributed by atoms with Gasteiger partial charge in [0.25, 0.3) is 0 Å². The number of hydrogen-bond donors (Lipinski definition) is 1. The summed E-state index contributed by atoms with van der Waals surface area (Å²) in [5.41, 5.74) is 5.76. The predicted molar refractivity (Wildman–Crippen MR) is 83.8 cm³/mol. The second-order valence-electron chi connectivity index (χ2n) is 5.44. The van der Waals surface area contributed by atoms with Crippen molar-refractivity contribution < 1.29 is 12.8 Å². The molecule has 0 spiro atoms. The summed E-state index contributed by atoms with van der Waals surface area (Å²) in [4.78, 5) is -0.283. The van der Waals surface area contributed by atoms with Crippen LogP contribution in [-0.2, 0) is 10.0 Å². The molecule has 0 amide bonds. The summed E-state index contributed by atoms with van der Waals surface area (Å²) in [5.74, 6) is -0.603. The number of hydrogen-bond acceptors (Lipinski definition) is 3. The molecule has 0 radical (unpaired) electrons.